The lowest BCUT2D eigenvalue weighted by Crippen LogP contribution is -2.45. The van der Waals surface area contributed by atoms with Crippen molar-refractivity contribution >= 4 is 17.9 Å². The van der Waals surface area contributed by atoms with E-state index < -0.39 is 12.2 Å². The van der Waals surface area contributed by atoms with Crippen molar-refractivity contribution in [3.8, 4) is 0 Å². The lowest BCUT2D eigenvalue weighted by molar-refractivity contribution is 0.164. The van der Waals surface area contributed by atoms with E-state index in [-0.39, 0.29) is 0 Å². The summed E-state index contributed by atoms with van der Waals surface area (Å²) in [6.07, 6.45) is -2.15. The maximum atomic E-state index is 10.9. The molecule has 0 heterocycles. The van der Waals surface area contributed by atoms with Gasteiger partial charge in [0.05, 0.1) is 12.8 Å². The molecule has 1 aromatic carbocycles. The van der Waals surface area contributed by atoms with Gasteiger partial charge in [-0.1, -0.05) is 18.2 Å². The molecule has 0 aliphatic heterocycles. The standard InChI is InChI=1S/C9H10N2O4/c1-15-8(12)10-11(9(13)14)7-5-3-2-4-6-7/h2-6H,1H3,(H,10,12)(H,13,14). The first kappa shape index (κ1) is 10.8. The first-order valence-corrected chi connectivity index (χ1v) is 4.08. The van der Waals surface area contributed by atoms with E-state index in [0.717, 1.165) is 7.11 Å². The summed E-state index contributed by atoms with van der Waals surface area (Å²) >= 11 is 0. The molecular weight excluding hydrogens is 200 g/mol. The number of carbonyl (C=O) groups excluding carboxylic acids is 1. The van der Waals surface area contributed by atoms with Gasteiger partial charge in [0.15, 0.2) is 0 Å². The average Bonchev–Trinajstić information content (AvgIpc) is 2.26. The van der Waals surface area contributed by atoms with E-state index in [1.165, 1.54) is 0 Å². The summed E-state index contributed by atoms with van der Waals surface area (Å²) < 4.78 is 4.30. The number of amides is 2. The van der Waals surface area contributed by atoms with E-state index in [0.29, 0.717) is 10.7 Å². The molecule has 1 rings (SSSR count). The molecule has 0 saturated carbocycles. The van der Waals surface area contributed by atoms with E-state index >= 15 is 0 Å². The van der Waals surface area contributed by atoms with Crippen molar-refractivity contribution in [1.82, 2.24) is 5.43 Å². The minimum atomic E-state index is -1.30. The Morgan fingerprint density at radius 3 is 2.40 bits per heavy atom. The van der Waals surface area contributed by atoms with Crippen molar-refractivity contribution in [3.05, 3.63) is 30.3 Å². The van der Waals surface area contributed by atoms with E-state index in [2.05, 4.69) is 10.2 Å². The van der Waals surface area contributed by atoms with E-state index in [1.807, 2.05) is 0 Å². The Balaban J connectivity index is 2.84. The molecule has 0 aromatic heterocycles. The summed E-state index contributed by atoms with van der Waals surface area (Å²) in [4.78, 5) is 21.7. The summed E-state index contributed by atoms with van der Waals surface area (Å²) in [5.74, 6) is 0. The Hall–Kier alpha value is -2.24. The number of ether oxygens (including phenoxy) is 1. The Morgan fingerprint density at radius 1 is 1.33 bits per heavy atom. The zero-order valence-corrected chi connectivity index (χ0v) is 8.01. The molecule has 0 atom stereocenters. The smallest absolute Gasteiger partial charge is 0.431 e. The molecule has 0 saturated heterocycles. The van der Waals surface area contributed by atoms with Gasteiger partial charge in [-0.25, -0.2) is 15.0 Å². The molecule has 6 heteroatoms. The first-order chi connectivity index (χ1) is 7.15. The molecule has 0 bridgehead atoms. The summed E-state index contributed by atoms with van der Waals surface area (Å²) in [6, 6.07) is 8.14. The molecule has 1 aromatic rings. The monoisotopic (exact) mass is 210 g/mol. The van der Waals surface area contributed by atoms with Crippen molar-refractivity contribution in [2.75, 3.05) is 12.1 Å². The molecule has 6 nitrogen and oxygen atoms in total. The predicted molar refractivity (Wildman–Crippen MR) is 52.5 cm³/mol. The van der Waals surface area contributed by atoms with Gasteiger partial charge < -0.3 is 9.84 Å². The number of nitrogens with zero attached hydrogens (tertiary/aromatic N) is 1. The number of hydrogen-bond donors (Lipinski definition) is 2. The fourth-order valence-corrected chi connectivity index (χ4v) is 0.937. The highest BCUT2D eigenvalue weighted by Gasteiger charge is 2.16. The van der Waals surface area contributed by atoms with Gasteiger partial charge in [-0.2, -0.15) is 5.01 Å². The molecular formula is C9H10N2O4. The Morgan fingerprint density at radius 2 is 1.93 bits per heavy atom. The van der Waals surface area contributed by atoms with Crippen molar-refractivity contribution in [1.29, 1.82) is 0 Å². The summed E-state index contributed by atoms with van der Waals surface area (Å²) in [6.45, 7) is 0. The number of hydrazine groups is 1. The zero-order chi connectivity index (χ0) is 11.3. The first-order valence-electron chi connectivity index (χ1n) is 4.08. The molecule has 0 aliphatic rings. The lowest BCUT2D eigenvalue weighted by atomic mass is 10.3. The number of para-hydroxylation sites is 1. The molecule has 80 valence electrons. The maximum Gasteiger partial charge on any atom is 0.431 e. The average molecular weight is 210 g/mol. The Kier molecular flexibility index (Phi) is 3.50. The molecule has 0 fully saturated rings. The number of rotatable bonds is 1. The molecule has 0 radical (unpaired) electrons. The van der Waals surface area contributed by atoms with Crippen molar-refractivity contribution in [3.63, 3.8) is 0 Å². The number of anilines is 1. The highest BCUT2D eigenvalue weighted by Crippen LogP contribution is 2.10. The summed E-state index contributed by atoms with van der Waals surface area (Å²) in [5, 5.41) is 9.50. The SMILES string of the molecule is COC(=O)NN(C(=O)O)c1ccccc1. The predicted octanol–water partition coefficient (Wildman–Crippen LogP) is 1.44. The van der Waals surface area contributed by atoms with Crippen LogP contribution in [0.15, 0.2) is 30.3 Å². The van der Waals surface area contributed by atoms with Gasteiger partial charge in [-0.05, 0) is 12.1 Å². The van der Waals surface area contributed by atoms with Crippen LogP contribution < -0.4 is 10.4 Å². The van der Waals surface area contributed by atoms with Crippen LogP contribution in [-0.2, 0) is 4.74 Å². The van der Waals surface area contributed by atoms with Crippen LogP contribution in [0.4, 0.5) is 15.3 Å². The molecule has 15 heavy (non-hydrogen) atoms. The highest BCUT2D eigenvalue weighted by molar-refractivity contribution is 5.89. The van der Waals surface area contributed by atoms with Crippen LogP contribution in [0.25, 0.3) is 0 Å². The zero-order valence-electron chi connectivity index (χ0n) is 8.01. The fourth-order valence-electron chi connectivity index (χ4n) is 0.937. The largest absolute Gasteiger partial charge is 0.463 e. The van der Waals surface area contributed by atoms with E-state index in [9.17, 15) is 9.59 Å². The van der Waals surface area contributed by atoms with Crippen LogP contribution in [0.2, 0.25) is 0 Å². The number of methoxy groups -OCH3 is 1. The van der Waals surface area contributed by atoms with E-state index in [4.69, 9.17) is 5.11 Å². The van der Waals surface area contributed by atoms with Crippen LogP contribution in [0.1, 0.15) is 0 Å². The second-order valence-electron chi connectivity index (χ2n) is 2.56. The normalized spacial score (nSPS) is 9.13. The van der Waals surface area contributed by atoms with Gasteiger partial charge in [-0.3, -0.25) is 0 Å². The number of carbonyl (C=O) groups is 2. The third kappa shape index (κ3) is 2.87. The lowest BCUT2D eigenvalue weighted by Gasteiger charge is -2.18. The van der Waals surface area contributed by atoms with Crippen LogP contribution >= 0.6 is 0 Å². The fraction of sp³-hybridized carbons (Fsp3) is 0.111. The molecule has 2 amide bonds. The van der Waals surface area contributed by atoms with Gasteiger partial charge in [0.25, 0.3) is 0 Å². The number of carboxylic acid groups (broad SMARTS) is 1. The Labute approximate surface area is 86.0 Å². The van der Waals surface area contributed by atoms with Gasteiger partial charge in [0, 0.05) is 0 Å². The third-order valence-corrected chi connectivity index (χ3v) is 1.59. The Bertz CT molecular complexity index is 352. The number of nitrogens with one attached hydrogen (secondary N) is 1. The van der Waals surface area contributed by atoms with Crippen LogP contribution in [0, 0.1) is 0 Å². The quantitative estimate of drug-likeness (QED) is 0.687. The van der Waals surface area contributed by atoms with E-state index in [1.54, 1.807) is 30.3 Å². The molecule has 0 aliphatic carbocycles. The molecule has 2 N–H and O–H groups in total. The molecule has 0 spiro atoms. The summed E-state index contributed by atoms with van der Waals surface area (Å²) in [5.41, 5.74) is 2.38. The van der Waals surface area contributed by atoms with Gasteiger partial charge in [0.1, 0.15) is 0 Å². The van der Waals surface area contributed by atoms with Crippen molar-refractivity contribution in [2.45, 2.75) is 0 Å². The second-order valence-corrected chi connectivity index (χ2v) is 2.56. The van der Waals surface area contributed by atoms with Gasteiger partial charge in [0.2, 0.25) is 0 Å². The second kappa shape index (κ2) is 4.85. The van der Waals surface area contributed by atoms with Crippen molar-refractivity contribution in [2.24, 2.45) is 0 Å². The third-order valence-electron chi connectivity index (χ3n) is 1.59. The maximum absolute atomic E-state index is 10.9. The molecule has 0 unspecified atom stereocenters. The minimum Gasteiger partial charge on any atom is -0.463 e. The van der Waals surface area contributed by atoms with Crippen LogP contribution in [0.5, 0.6) is 0 Å². The summed E-state index contributed by atoms with van der Waals surface area (Å²) in [7, 11) is 1.15. The minimum absolute atomic E-state index is 0.329. The highest BCUT2D eigenvalue weighted by atomic mass is 16.5. The van der Waals surface area contributed by atoms with Gasteiger partial charge >= 0.3 is 12.2 Å². The van der Waals surface area contributed by atoms with Gasteiger partial charge in [-0.15, -0.1) is 0 Å². The number of hydrogen-bond acceptors (Lipinski definition) is 3. The van der Waals surface area contributed by atoms with Crippen LogP contribution in [-0.4, -0.2) is 24.4 Å². The van der Waals surface area contributed by atoms with Crippen LogP contribution in [0.3, 0.4) is 0 Å². The van der Waals surface area contributed by atoms with Crippen molar-refractivity contribution < 1.29 is 19.4 Å². The number of benzene rings is 1. The topological polar surface area (TPSA) is 78.9 Å².